The molecule has 0 unspecified atom stereocenters. The van der Waals surface area contributed by atoms with Crippen LogP contribution in [0.3, 0.4) is 0 Å². The summed E-state index contributed by atoms with van der Waals surface area (Å²) in [6, 6.07) is 16.6. The van der Waals surface area contributed by atoms with E-state index in [1.54, 1.807) is 0 Å². The predicted molar refractivity (Wildman–Crippen MR) is 115 cm³/mol. The van der Waals surface area contributed by atoms with Gasteiger partial charge in [-0.15, -0.1) is 0 Å². The Morgan fingerprint density at radius 3 is 2.43 bits per heavy atom. The molecule has 0 radical (unpaired) electrons. The van der Waals surface area contributed by atoms with Crippen LogP contribution in [-0.2, 0) is 0 Å². The van der Waals surface area contributed by atoms with E-state index in [-0.39, 0.29) is 0 Å². The van der Waals surface area contributed by atoms with Gasteiger partial charge in [0.15, 0.2) is 0 Å². The largest absolute Gasteiger partial charge is 0.353 e. The van der Waals surface area contributed by atoms with E-state index >= 15 is 0 Å². The van der Waals surface area contributed by atoms with Gasteiger partial charge in [0.2, 0.25) is 5.95 Å². The molecule has 3 heterocycles. The van der Waals surface area contributed by atoms with Crippen LogP contribution >= 0.6 is 0 Å². The zero-order valence-corrected chi connectivity index (χ0v) is 16.5. The number of aromatic nitrogens is 3. The molecule has 0 aliphatic carbocycles. The maximum Gasteiger partial charge on any atom is 0.227 e. The normalized spacial score (nSPS) is 14.2. The van der Waals surface area contributed by atoms with Crippen molar-refractivity contribution in [3.63, 3.8) is 0 Å². The van der Waals surface area contributed by atoms with Gasteiger partial charge < -0.3 is 14.7 Å². The summed E-state index contributed by atoms with van der Waals surface area (Å²) in [6.07, 6.45) is 3.71. The van der Waals surface area contributed by atoms with E-state index in [9.17, 15) is 0 Å². The number of pyridine rings is 1. The number of aryl methyl sites for hydroxylation is 1. The lowest BCUT2D eigenvalue weighted by Gasteiger charge is -2.35. The van der Waals surface area contributed by atoms with E-state index in [0.29, 0.717) is 0 Å². The number of hydrogen-bond acceptors (Lipinski definition) is 6. The first-order valence-corrected chi connectivity index (χ1v) is 9.83. The van der Waals surface area contributed by atoms with Crippen molar-refractivity contribution in [3.05, 3.63) is 66.5 Å². The first-order chi connectivity index (χ1) is 13.7. The number of benzene rings is 1. The maximum atomic E-state index is 4.88. The van der Waals surface area contributed by atoms with Gasteiger partial charge >= 0.3 is 0 Å². The van der Waals surface area contributed by atoms with Gasteiger partial charge in [0, 0.05) is 50.8 Å². The van der Waals surface area contributed by atoms with Gasteiger partial charge in [-0.1, -0.05) is 18.2 Å². The molecule has 2 aromatic heterocycles. The number of nitrogens with zero attached hydrogens (tertiary/aromatic N) is 6. The minimum Gasteiger partial charge on any atom is -0.353 e. The highest BCUT2D eigenvalue weighted by Gasteiger charge is 2.20. The molecule has 1 saturated heterocycles. The van der Waals surface area contributed by atoms with E-state index in [1.807, 2.05) is 30.6 Å². The van der Waals surface area contributed by atoms with Crippen LogP contribution in [0.5, 0.6) is 0 Å². The number of anilines is 4. The van der Waals surface area contributed by atoms with E-state index in [1.165, 1.54) is 5.56 Å². The highest BCUT2D eigenvalue weighted by molar-refractivity contribution is 5.61. The van der Waals surface area contributed by atoms with E-state index < -0.39 is 0 Å². The first-order valence-electron chi connectivity index (χ1n) is 9.83. The average Bonchev–Trinajstić information content (AvgIpc) is 2.75. The minimum atomic E-state index is 0.796. The summed E-state index contributed by atoms with van der Waals surface area (Å²) in [5, 5.41) is 0. The zero-order chi connectivity index (χ0) is 19.3. The third-order valence-electron chi connectivity index (χ3n) is 5.07. The van der Waals surface area contributed by atoms with E-state index in [2.05, 4.69) is 68.8 Å². The fraction of sp³-hybridized carbons (Fsp3) is 0.318. The van der Waals surface area contributed by atoms with Gasteiger partial charge in [-0.3, -0.25) is 0 Å². The van der Waals surface area contributed by atoms with Crippen LogP contribution in [0.1, 0.15) is 12.5 Å². The minimum absolute atomic E-state index is 0.796. The third kappa shape index (κ3) is 3.91. The molecule has 3 aromatic rings. The van der Waals surface area contributed by atoms with Gasteiger partial charge in [-0.2, -0.15) is 4.98 Å². The Kier molecular flexibility index (Phi) is 5.37. The van der Waals surface area contributed by atoms with Gasteiger partial charge in [0.25, 0.3) is 0 Å². The fourth-order valence-electron chi connectivity index (χ4n) is 3.59. The first kappa shape index (κ1) is 18.2. The molecule has 0 N–H and O–H groups in total. The molecule has 0 bridgehead atoms. The zero-order valence-electron chi connectivity index (χ0n) is 16.5. The standard InChI is InChI=1S/C22H26N6/c1-3-28(19-8-6-7-18(2)17-19)21-10-12-24-22(25-21)27-15-13-26(14-16-27)20-9-4-5-11-23-20/h4-12,17H,3,13-16H2,1-2H3. The topological polar surface area (TPSA) is 48.4 Å². The molecule has 1 aliphatic rings. The lowest BCUT2D eigenvalue weighted by atomic mass is 10.2. The van der Waals surface area contributed by atoms with Crippen LogP contribution in [0.25, 0.3) is 0 Å². The summed E-state index contributed by atoms with van der Waals surface area (Å²) in [4.78, 5) is 20.7. The van der Waals surface area contributed by atoms with Crippen LogP contribution in [0.2, 0.25) is 0 Å². The second kappa shape index (κ2) is 8.25. The van der Waals surface area contributed by atoms with Crippen molar-refractivity contribution in [1.82, 2.24) is 15.0 Å². The summed E-state index contributed by atoms with van der Waals surface area (Å²) >= 11 is 0. The Balaban J connectivity index is 1.50. The second-order valence-corrected chi connectivity index (χ2v) is 6.96. The van der Waals surface area contributed by atoms with Crippen molar-refractivity contribution in [3.8, 4) is 0 Å². The summed E-state index contributed by atoms with van der Waals surface area (Å²) in [6.45, 7) is 8.72. The quantitative estimate of drug-likeness (QED) is 0.679. The summed E-state index contributed by atoms with van der Waals surface area (Å²) in [7, 11) is 0. The van der Waals surface area contributed by atoms with Crippen LogP contribution in [0.4, 0.5) is 23.3 Å². The smallest absolute Gasteiger partial charge is 0.227 e. The lowest BCUT2D eigenvalue weighted by Crippen LogP contribution is -2.47. The SMILES string of the molecule is CCN(c1cccc(C)c1)c1ccnc(N2CCN(c3ccccn3)CC2)n1. The Bertz CT molecular complexity index is 906. The highest BCUT2D eigenvalue weighted by Crippen LogP contribution is 2.25. The van der Waals surface area contributed by atoms with Crippen molar-refractivity contribution in [1.29, 1.82) is 0 Å². The molecule has 0 saturated carbocycles. The lowest BCUT2D eigenvalue weighted by molar-refractivity contribution is 0.634. The van der Waals surface area contributed by atoms with Crippen molar-refractivity contribution < 1.29 is 0 Å². The van der Waals surface area contributed by atoms with Crippen LogP contribution < -0.4 is 14.7 Å². The number of hydrogen-bond donors (Lipinski definition) is 0. The van der Waals surface area contributed by atoms with Gasteiger partial charge in [0.05, 0.1) is 0 Å². The molecule has 1 aromatic carbocycles. The Labute approximate surface area is 166 Å². The molecular formula is C22H26N6. The summed E-state index contributed by atoms with van der Waals surface area (Å²) in [5.74, 6) is 2.77. The van der Waals surface area contributed by atoms with Crippen molar-refractivity contribution in [2.75, 3.05) is 47.4 Å². The Morgan fingerprint density at radius 2 is 1.71 bits per heavy atom. The van der Waals surface area contributed by atoms with Gasteiger partial charge in [-0.25, -0.2) is 9.97 Å². The predicted octanol–water partition coefficient (Wildman–Crippen LogP) is 3.66. The second-order valence-electron chi connectivity index (χ2n) is 6.96. The Morgan fingerprint density at radius 1 is 0.893 bits per heavy atom. The molecule has 0 spiro atoms. The monoisotopic (exact) mass is 374 g/mol. The average molecular weight is 374 g/mol. The number of piperazine rings is 1. The molecule has 6 nitrogen and oxygen atoms in total. The molecule has 0 atom stereocenters. The van der Waals surface area contributed by atoms with Crippen LogP contribution in [-0.4, -0.2) is 47.7 Å². The molecule has 0 amide bonds. The molecule has 28 heavy (non-hydrogen) atoms. The van der Waals surface area contributed by atoms with E-state index in [4.69, 9.17) is 4.98 Å². The van der Waals surface area contributed by atoms with Crippen molar-refractivity contribution >= 4 is 23.3 Å². The molecule has 1 fully saturated rings. The molecule has 1 aliphatic heterocycles. The Hall–Kier alpha value is -3.15. The van der Waals surface area contributed by atoms with Crippen LogP contribution in [0.15, 0.2) is 60.9 Å². The fourth-order valence-corrected chi connectivity index (χ4v) is 3.59. The van der Waals surface area contributed by atoms with E-state index in [0.717, 1.165) is 56.0 Å². The number of rotatable bonds is 5. The highest BCUT2D eigenvalue weighted by atomic mass is 15.3. The summed E-state index contributed by atoms with van der Waals surface area (Å²) < 4.78 is 0. The van der Waals surface area contributed by atoms with Crippen molar-refractivity contribution in [2.45, 2.75) is 13.8 Å². The third-order valence-corrected chi connectivity index (χ3v) is 5.07. The molecule has 6 heteroatoms. The van der Waals surface area contributed by atoms with Gasteiger partial charge in [-0.05, 0) is 49.7 Å². The van der Waals surface area contributed by atoms with Crippen LogP contribution in [0, 0.1) is 6.92 Å². The molecule has 4 rings (SSSR count). The van der Waals surface area contributed by atoms with Crippen molar-refractivity contribution in [2.24, 2.45) is 0 Å². The van der Waals surface area contributed by atoms with Gasteiger partial charge in [0.1, 0.15) is 11.6 Å². The maximum absolute atomic E-state index is 4.88. The molecule has 144 valence electrons. The molecular weight excluding hydrogens is 348 g/mol. The summed E-state index contributed by atoms with van der Waals surface area (Å²) in [5.41, 5.74) is 2.41.